The first-order valence-electron chi connectivity index (χ1n) is 14.9. The van der Waals surface area contributed by atoms with E-state index >= 15 is 0 Å². The molecular formula is C34H49N3O4. The minimum atomic E-state index is -0.924. The van der Waals surface area contributed by atoms with Gasteiger partial charge in [-0.15, -0.1) is 0 Å². The summed E-state index contributed by atoms with van der Waals surface area (Å²) < 4.78 is 5.52. The molecule has 0 aliphatic carbocycles. The van der Waals surface area contributed by atoms with Crippen molar-refractivity contribution in [2.24, 2.45) is 0 Å². The van der Waals surface area contributed by atoms with Crippen LogP contribution >= 0.6 is 0 Å². The minimum Gasteiger partial charge on any atom is -0.444 e. The first-order valence-corrected chi connectivity index (χ1v) is 14.9. The van der Waals surface area contributed by atoms with Gasteiger partial charge in [0.1, 0.15) is 17.7 Å². The number of benzene rings is 2. The summed E-state index contributed by atoms with van der Waals surface area (Å²) in [6.07, 6.45) is 6.83. The number of nitrogens with zero attached hydrogens (tertiary/aromatic N) is 1. The fraction of sp³-hybridized carbons (Fsp3) is 0.500. The lowest BCUT2D eigenvalue weighted by molar-refractivity contribution is -0.142. The Morgan fingerprint density at radius 2 is 1.63 bits per heavy atom. The molecule has 2 atom stereocenters. The highest BCUT2D eigenvalue weighted by Gasteiger charge is 2.36. The number of ether oxygens (including phenoxy) is 1. The lowest BCUT2D eigenvalue weighted by atomic mass is 9.98. The molecule has 0 spiro atoms. The quantitative estimate of drug-likeness (QED) is 0.219. The van der Waals surface area contributed by atoms with E-state index in [2.05, 4.69) is 31.1 Å². The molecule has 224 valence electrons. The Labute approximate surface area is 246 Å². The average Bonchev–Trinajstić information content (AvgIpc) is 2.93. The normalized spacial score (nSPS) is 12.6. The predicted octanol–water partition coefficient (Wildman–Crippen LogP) is 6.83. The third kappa shape index (κ3) is 11.8. The van der Waals surface area contributed by atoms with Gasteiger partial charge in [-0.3, -0.25) is 9.59 Å². The molecule has 0 bridgehead atoms. The fourth-order valence-corrected chi connectivity index (χ4v) is 4.61. The molecule has 2 unspecified atom stereocenters. The number of hydrogen-bond acceptors (Lipinski definition) is 4. The SMILES string of the molecule is C=Cc1cccc(C(C(=O)NCCCCC)N(CCCCC)C(=O)C(Cc2ccccc2)NC(=O)OC(C)(C)C)c1. The summed E-state index contributed by atoms with van der Waals surface area (Å²) in [5.41, 5.74) is 1.73. The van der Waals surface area contributed by atoms with Crippen LogP contribution in [-0.4, -0.2) is 47.5 Å². The van der Waals surface area contributed by atoms with Gasteiger partial charge in [-0.1, -0.05) is 101 Å². The van der Waals surface area contributed by atoms with Crippen molar-refractivity contribution in [2.75, 3.05) is 13.1 Å². The smallest absolute Gasteiger partial charge is 0.408 e. The Kier molecular flexibility index (Phi) is 14.1. The van der Waals surface area contributed by atoms with Gasteiger partial charge in [0.15, 0.2) is 0 Å². The molecule has 0 saturated heterocycles. The summed E-state index contributed by atoms with van der Waals surface area (Å²) in [5, 5.41) is 5.89. The zero-order chi connectivity index (χ0) is 30.3. The van der Waals surface area contributed by atoms with Crippen LogP contribution in [0.15, 0.2) is 61.2 Å². The zero-order valence-electron chi connectivity index (χ0n) is 25.6. The van der Waals surface area contributed by atoms with Gasteiger partial charge in [0, 0.05) is 19.5 Å². The Balaban J connectivity index is 2.53. The average molecular weight is 564 g/mol. The van der Waals surface area contributed by atoms with E-state index in [-0.39, 0.29) is 18.2 Å². The molecule has 0 saturated carbocycles. The highest BCUT2D eigenvalue weighted by atomic mass is 16.6. The van der Waals surface area contributed by atoms with Crippen LogP contribution in [0, 0.1) is 0 Å². The van der Waals surface area contributed by atoms with Crippen LogP contribution in [0.1, 0.15) is 95.9 Å². The molecule has 2 rings (SSSR count). The molecule has 0 aromatic heterocycles. The van der Waals surface area contributed by atoms with Gasteiger partial charge < -0.3 is 20.3 Å². The van der Waals surface area contributed by atoms with Crippen molar-refractivity contribution in [3.63, 3.8) is 0 Å². The van der Waals surface area contributed by atoms with Crippen LogP contribution in [0.25, 0.3) is 6.08 Å². The van der Waals surface area contributed by atoms with E-state index < -0.39 is 23.8 Å². The molecule has 0 aliphatic rings. The maximum absolute atomic E-state index is 14.4. The second-order valence-corrected chi connectivity index (χ2v) is 11.4. The van der Waals surface area contributed by atoms with Crippen molar-refractivity contribution in [3.8, 4) is 0 Å². The Bertz CT molecular complexity index is 1110. The third-order valence-corrected chi connectivity index (χ3v) is 6.66. The molecule has 2 N–H and O–H groups in total. The number of carbonyl (C=O) groups excluding carboxylic acids is 3. The lowest BCUT2D eigenvalue weighted by Crippen LogP contribution is -2.54. The van der Waals surface area contributed by atoms with Crippen molar-refractivity contribution in [1.82, 2.24) is 15.5 Å². The number of alkyl carbamates (subject to hydrolysis) is 1. The number of unbranched alkanes of at least 4 members (excludes halogenated alkanes) is 4. The molecule has 41 heavy (non-hydrogen) atoms. The van der Waals surface area contributed by atoms with Crippen LogP contribution < -0.4 is 10.6 Å². The topological polar surface area (TPSA) is 87.7 Å². The largest absolute Gasteiger partial charge is 0.444 e. The van der Waals surface area contributed by atoms with Crippen molar-refractivity contribution in [1.29, 1.82) is 0 Å². The summed E-state index contributed by atoms with van der Waals surface area (Å²) in [7, 11) is 0. The van der Waals surface area contributed by atoms with Crippen LogP contribution in [0.3, 0.4) is 0 Å². The number of amides is 3. The van der Waals surface area contributed by atoms with E-state index in [1.54, 1.807) is 31.7 Å². The lowest BCUT2D eigenvalue weighted by Gasteiger charge is -2.35. The summed E-state index contributed by atoms with van der Waals surface area (Å²) in [6, 6.07) is 15.3. The maximum Gasteiger partial charge on any atom is 0.408 e. The van der Waals surface area contributed by atoms with Crippen LogP contribution in [0.2, 0.25) is 0 Å². The zero-order valence-corrected chi connectivity index (χ0v) is 25.6. The molecule has 7 nitrogen and oxygen atoms in total. The van der Waals surface area contributed by atoms with Gasteiger partial charge in [0.05, 0.1) is 0 Å². The first kappa shape index (κ1) is 33.6. The van der Waals surface area contributed by atoms with E-state index in [0.717, 1.165) is 49.7 Å². The molecule has 2 aromatic carbocycles. The predicted molar refractivity (Wildman–Crippen MR) is 166 cm³/mol. The summed E-state index contributed by atoms with van der Waals surface area (Å²) in [5.74, 6) is -0.559. The Hall–Kier alpha value is -3.61. The number of rotatable bonds is 16. The minimum absolute atomic E-state index is 0.233. The van der Waals surface area contributed by atoms with Crippen LogP contribution in [0.4, 0.5) is 4.79 Å². The van der Waals surface area contributed by atoms with Gasteiger partial charge >= 0.3 is 6.09 Å². The van der Waals surface area contributed by atoms with E-state index in [4.69, 9.17) is 4.74 Å². The first-order chi connectivity index (χ1) is 19.6. The molecule has 0 radical (unpaired) electrons. The van der Waals surface area contributed by atoms with E-state index in [1.807, 2.05) is 54.6 Å². The molecule has 3 amide bonds. The van der Waals surface area contributed by atoms with Crippen LogP contribution in [-0.2, 0) is 20.7 Å². The third-order valence-electron chi connectivity index (χ3n) is 6.66. The van der Waals surface area contributed by atoms with Gasteiger partial charge in [-0.2, -0.15) is 0 Å². The van der Waals surface area contributed by atoms with Gasteiger partial charge in [0.25, 0.3) is 0 Å². The fourth-order valence-electron chi connectivity index (χ4n) is 4.61. The molecular weight excluding hydrogens is 514 g/mol. The van der Waals surface area contributed by atoms with Crippen molar-refractivity contribution >= 4 is 24.0 Å². The Morgan fingerprint density at radius 1 is 0.951 bits per heavy atom. The second-order valence-electron chi connectivity index (χ2n) is 11.4. The highest BCUT2D eigenvalue weighted by Crippen LogP contribution is 2.25. The number of carbonyl (C=O) groups is 3. The van der Waals surface area contributed by atoms with Crippen molar-refractivity contribution in [2.45, 2.75) is 97.2 Å². The summed E-state index contributed by atoms with van der Waals surface area (Å²) in [4.78, 5) is 42.8. The monoisotopic (exact) mass is 563 g/mol. The van der Waals surface area contributed by atoms with Crippen LogP contribution in [0.5, 0.6) is 0 Å². The van der Waals surface area contributed by atoms with Gasteiger partial charge in [-0.05, 0) is 56.4 Å². The molecule has 7 heteroatoms. The molecule has 0 fully saturated rings. The van der Waals surface area contributed by atoms with E-state index in [0.29, 0.717) is 18.7 Å². The van der Waals surface area contributed by atoms with Gasteiger partial charge in [0.2, 0.25) is 11.8 Å². The van der Waals surface area contributed by atoms with E-state index in [9.17, 15) is 14.4 Å². The Morgan fingerprint density at radius 3 is 2.27 bits per heavy atom. The highest BCUT2D eigenvalue weighted by molar-refractivity contribution is 5.92. The maximum atomic E-state index is 14.4. The van der Waals surface area contributed by atoms with E-state index in [1.165, 1.54) is 0 Å². The summed E-state index contributed by atoms with van der Waals surface area (Å²) >= 11 is 0. The standard InChI is InChI=1S/C34H49N3O4/c1-7-10-15-22-35-31(38)30(28-21-17-20-26(9-3)24-28)37(23-16-11-8-2)32(39)29(25-27-18-13-12-14-19-27)36-33(40)41-34(4,5)6/h9,12-14,17-21,24,29-30H,3,7-8,10-11,15-16,22-23,25H2,1-2,4-6H3,(H,35,38)(H,36,40). The molecule has 0 heterocycles. The van der Waals surface area contributed by atoms with Gasteiger partial charge in [-0.25, -0.2) is 4.79 Å². The second kappa shape index (κ2) is 17.3. The molecule has 2 aromatic rings. The number of nitrogens with one attached hydrogen (secondary N) is 2. The molecule has 0 aliphatic heterocycles. The van der Waals surface area contributed by atoms with Crippen molar-refractivity contribution < 1.29 is 19.1 Å². The summed E-state index contributed by atoms with van der Waals surface area (Å²) in [6.45, 7) is 14.3. The number of hydrogen-bond donors (Lipinski definition) is 2. The van der Waals surface area contributed by atoms with Crippen molar-refractivity contribution in [3.05, 3.63) is 77.9 Å².